The molecule has 0 aliphatic carbocycles. The molecule has 3 aliphatic heterocycles. The zero-order chi connectivity index (χ0) is 65.3. The first-order chi connectivity index (χ1) is 40.4. The first kappa shape index (κ1) is 77.3. The van der Waals surface area contributed by atoms with Crippen LogP contribution in [-0.2, 0) is 71.3 Å². The summed E-state index contributed by atoms with van der Waals surface area (Å²) in [5.41, 5.74) is 2.84. The topological polar surface area (TPSA) is 269 Å². The Kier molecular flexibility index (Phi) is 30.8. The zero-order valence-electron chi connectivity index (χ0n) is 51.2. The summed E-state index contributed by atoms with van der Waals surface area (Å²) < 4.78 is 59.3. The molecule has 0 bridgehead atoms. The molecule has 6 rings (SSSR count). The number of rotatable bonds is 20. The van der Waals surface area contributed by atoms with Gasteiger partial charge in [0, 0.05) is 11.8 Å². The van der Waals surface area contributed by atoms with Gasteiger partial charge in [-0.3, -0.25) is 0 Å². The molecule has 494 valence electrons. The highest BCUT2D eigenvalue weighted by Gasteiger charge is 2.53. The summed E-state index contributed by atoms with van der Waals surface area (Å²) >= 11 is 33.6. The highest BCUT2D eigenvalue weighted by Crippen LogP contribution is 2.42. The van der Waals surface area contributed by atoms with Crippen LogP contribution in [0.1, 0.15) is 72.1 Å². The minimum Gasteiger partial charge on any atom is -0.445 e. The third kappa shape index (κ3) is 24.7. The molecule has 20 nitrogen and oxygen atoms in total. The van der Waals surface area contributed by atoms with Crippen LogP contribution in [0.3, 0.4) is 0 Å². The van der Waals surface area contributed by atoms with Crippen LogP contribution in [0, 0.1) is 11.8 Å². The number of alkyl halides is 6. The van der Waals surface area contributed by atoms with E-state index in [0.29, 0.717) is 6.61 Å². The average Bonchev–Trinajstić information content (AvgIpc) is 1.32. The Morgan fingerprint density at radius 1 is 0.506 bits per heavy atom. The molecular formula is C59H89Cl6NO19Si2. The zero-order valence-corrected chi connectivity index (χ0v) is 57.8. The van der Waals surface area contributed by atoms with Crippen molar-refractivity contribution in [1.82, 2.24) is 5.32 Å². The van der Waals surface area contributed by atoms with E-state index < -0.39 is 149 Å². The van der Waals surface area contributed by atoms with Crippen LogP contribution in [0.4, 0.5) is 9.59 Å². The van der Waals surface area contributed by atoms with E-state index in [1.54, 1.807) is 6.92 Å². The molecular weight excluding hydrogens is 1300 g/mol. The molecule has 0 saturated carbocycles. The van der Waals surface area contributed by atoms with Gasteiger partial charge in [0.1, 0.15) is 62.0 Å². The quantitative estimate of drug-likeness (QED) is 0.0315. The van der Waals surface area contributed by atoms with E-state index in [4.69, 9.17) is 121 Å². The van der Waals surface area contributed by atoms with Gasteiger partial charge in [0.05, 0.1) is 51.8 Å². The minimum absolute atomic E-state index is 0.0276. The van der Waals surface area contributed by atoms with E-state index in [9.17, 15) is 40.2 Å². The Bertz CT molecular complexity index is 2480. The van der Waals surface area contributed by atoms with E-state index in [-0.39, 0.29) is 35.8 Å². The number of hydrogen-bond donors (Lipinski definition) is 7. The second-order valence-electron chi connectivity index (χ2n) is 24.5. The Morgan fingerprint density at radius 3 is 1.20 bits per heavy atom. The Morgan fingerprint density at radius 2 is 0.828 bits per heavy atom. The van der Waals surface area contributed by atoms with Gasteiger partial charge in [0.25, 0.3) is 0 Å². The first-order valence-electron chi connectivity index (χ1n) is 28.5. The SMILES string of the molecule is CC(C)(C)[Si](C)(C)O[C@@H]1C(NC(=O)OCC(Cl)(Cl)Cl)[C@H](OCc2ccccc2)OC(CO)[C@H]1O.CC1[C@H](OCc2ccccc2)OC(CO)[C@@H](O)[C@@H]1OC(=O)OCC(Cl)(Cl)Cl.CC1[C@H](OCc2ccccc2)OC(CO)[C@@H](O)[C@@H]1O[Si](C)(C)C(C)(C)C. The van der Waals surface area contributed by atoms with Crippen molar-refractivity contribution in [3.63, 3.8) is 0 Å². The van der Waals surface area contributed by atoms with Crippen LogP contribution in [0.2, 0.25) is 36.3 Å². The van der Waals surface area contributed by atoms with Crippen LogP contribution < -0.4 is 5.32 Å². The van der Waals surface area contributed by atoms with E-state index in [1.165, 1.54) is 0 Å². The van der Waals surface area contributed by atoms with Crippen LogP contribution in [0.15, 0.2) is 91.0 Å². The fraction of sp³-hybridized carbons (Fsp3) is 0.661. The van der Waals surface area contributed by atoms with E-state index in [2.05, 4.69) is 60.0 Å². The molecule has 3 heterocycles. The summed E-state index contributed by atoms with van der Waals surface area (Å²) in [6, 6.07) is 27.7. The first-order valence-corrected chi connectivity index (χ1v) is 36.6. The number of aliphatic hydroxyl groups is 6. The summed E-state index contributed by atoms with van der Waals surface area (Å²) in [7, 11) is -4.53. The van der Waals surface area contributed by atoms with Gasteiger partial charge >= 0.3 is 12.2 Å². The number of halogens is 6. The van der Waals surface area contributed by atoms with Crippen LogP contribution in [0.5, 0.6) is 0 Å². The van der Waals surface area contributed by atoms with Crippen molar-refractivity contribution in [3.8, 4) is 0 Å². The predicted octanol–water partition coefficient (Wildman–Crippen LogP) is 10.3. The molecule has 15 atom stereocenters. The maximum absolute atomic E-state index is 12.5. The molecule has 3 aromatic carbocycles. The second-order valence-corrected chi connectivity index (χ2v) is 39.1. The Labute approximate surface area is 543 Å². The van der Waals surface area contributed by atoms with Gasteiger partial charge in [0.15, 0.2) is 35.5 Å². The van der Waals surface area contributed by atoms with Gasteiger partial charge < -0.3 is 87.4 Å². The van der Waals surface area contributed by atoms with Crippen molar-refractivity contribution in [2.75, 3.05) is 33.0 Å². The molecule has 0 spiro atoms. The van der Waals surface area contributed by atoms with Crippen molar-refractivity contribution in [3.05, 3.63) is 108 Å². The second kappa shape index (κ2) is 34.6. The number of carbonyl (C=O) groups excluding carboxylic acids is 2. The lowest BCUT2D eigenvalue weighted by molar-refractivity contribution is -0.286. The number of amides is 1. The number of carbonyl (C=O) groups is 2. The van der Waals surface area contributed by atoms with E-state index >= 15 is 0 Å². The molecule has 7 N–H and O–H groups in total. The lowest BCUT2D eigenvalue weighted by atomic mass is 9.92. The maximum atomic E-state index is 12.5. The van der Waals surface area contributed by atoms with Crippen molar-refractivity contribution in [2.24, 2.45) is 11.8 Å². The fourth-order valence-corrected chi connectivity index (χ4v) is 11.6. The number of nitrogens with one attached hydrogen (secondary N) is 1. The normalized spacial score (nSPS) is 28.2. The van der Waals surface area contributed by atoms with Gasteiger partial charge in [-0.2, -0.15) is 0 Å². The van der Waals surface area contributed by atoms with Crippen LogP contribution in [0.25, 0.3) is 0 Å². The molecule has 1 amide bonds. The molecule has 3 fully saturated rings. The van der Waals surface area contributed by atoms with Gasteiger partial charge in [-0.05, 0) is 53.0 Å². The van der Waals surface area contributed by atoms with Gasteiger partial charge in [0.2, 0.25) is 7.59 Å². The highest BCUT2D eigenvalue weighted by molar-refractivity contribution is 6.74. The monoisotopic (exact) mass is 1380 g/mol. The highest BCUT2D eigenvalue weighted by atomic mass is 35.6. The van der Waals surface area contributed by atoms with Crippen molar-refractivity contribution >= 4 is 98.5 Å². The lowest BCUT2D eigenvalue weighted by Crippen LogP contribution is -2.67. The predicted molar refractivity (Wildman–Crippen MR) is 336 cm³/mol. The lowest BCUT2D eigenvalue weighted by Gasteiger charge is -2.48. The standard InChI is InChI=1S/C22H34Cl3NO7Si.C20H34O5Si.C17H21Cl3O7/c1-21(2,3)34(4,5)33-18-16(26-20(29)31-13-22(23,24)25)19(32-15(11-27)17(18)28)30-12-14-9-7-6-8-10-14;1-14-18(25-26(5,6)20(2,3)4)17(22)16(12-21)24-19(14)23-13-15-10-8-7-9-11-15;1-10-14(27-16(23)25-9-17(18,19)20)13(22)12(7-21)26-15(10)24-8-11-5-3-2-4-6-11/h6-10,15-19,27-28H,11-13H2,1-5H3,(H,26,29);7-11,14,16-19,21-22H,12-13H2,1-6H3;2-6,10,12-15,21-22H,7-9H2,1H3/t15?,16?,17-,18-,19-;14?,16?,17-,18-,19-;10?,12?,13-,14-,15-/m111/s1. The summed E-state index contributed by atoms with van der Waals surface area (Å²) in [5, 5.41) is 63.4. The van der Waals surface area contributed by atoms with E-state index in [1.807, 2.05) is 111 Å². The molecule has 3 aromatic rings. The summed E-state index contributed by atoms with van der Waals surface area (Å²) in [4.78, 5) is 24.4. The van der Waals surface area contributed by atoms with E-state index in [0.717, 1.165) is 16.7 Å². The maximum Gasteiger partial charge on any atom is 0.508 e. The molecule has 0 aromatic heterocycles. The number of aliphatic hydroxyl groups excluding tert-OH is 6. The molecule has 0 radical (unpaired) electrons. The summed E-state index contributed by atoms with van der Waals surface area (Å²) in [5.74, 6) is -0.697. The third-order valence-corrected chi connectivity index (χ3v) is 25.2. The number of ether oxygens (including phenoxy) is 9. The average molecular weight is 1390 g/mol. The summed E-state index contributed by atoms with van der Waals surface area (Å²) in [6.45, 7) is 23.3. The number of alkyl carbamates (subject to hydrolysis) is 1. The minimum atomic E-state index is -2.44. The Hall–Kier alpha value is -2.19. The third-order valence-electron chi connectivity index (χ3n) is 15.6. The molecule has 3 aliphatic rings. The van der Waals surface area contributed by atoms with Crippen molar-refractivity contribution < 1.29 is 91.7 Å². The Balaban J connectivity index is 0.000000283. The fourth-order valence-electron chi connectivity index (χ4n) is 8.55. The molecule has 28 heteroatoms. The van der Waals surface area contributed by atoms with Crippen molar-refractivity contribution in [1.29, 1.82) is 0 Å². The largest absolute Gasteiger partial charge is 0.508 e. The van der Waals surface area contributed by atoms with Gasteiger partial charge in [-0.25, -0.2) is 9.59 Å². The van der Waals surface area contributed by atoms with Crippen molar-refractivity contribution in [2.45, 2.75) is 199 Å². The molecule has 3 saturated heterocycles. The molecule has 6 unspecified atom stereocenters. The van der Waals surface area contributed by atoms with Gasteiger partial charge in [-0.1, -0.05) is 216 Å². The van der Waals surface area contributed by atoms with Gasteiger partial charge in [-0.15, -0.1) is 0 Å². The molecule has 87 heavy (non-hydrogen) atoms. The van der Waals surface area contributed by atoms with Crippen LogP contribution >= 0.6 is 69.6 Å². The number of benzene rings is 3. The van der Waals surface area contributed by atoms with Crippen LogP contribution in [-0.4, -0.2) is 180 Å². The number of hydrogen-bond acceptors (Lipinski definition) is 19. The summed E-state index contributed by atoms with van der Waals surface area (Å²) in [6.07, 6.45) is -12.9. The smallest absolute Gasteiger partial charge is 0.445 e.